The van der Waals surface area contributed by atoms with Gasteiger partial charge in [-0.2, -0.15) is 0 Å². The van der Waals surface area contributed by atoms with Gasteiger partial charge in [-0.15, -0.1) is 11.3 Å². The Balaban J connectivity index is 1.96. The van der Waals surface area contributed by atoms with Gasteiger partial charge in [-0.25, -0.2) is 0 Å². The fourth-order valence-corrected chi connectivity index (χ4v) is 4.41. The van der Waals surface area contributed by atoms with Crippen LogP contribution in [0.25, 0.3) is 0 Å². The average molecular weight is 292 g/mol. The predicted molar refractivity (Wildman–Crippen MR) is 83.3 cm³/mol. The summed E-state index contributed by atoms with van der Waals surface area (Å²) in [4.78, 5) is 3.00. The molecule has 1 aliphatic carbocycles. The number of thiophene rings is 1. The number of halogens is 1. The fraction of sp³-hybridized carbons (Fsp3) is 0.375. The van der Waals surface area contributed by atoms with Crippen LogP contribution in [0.1, 0.15) is 39.8 Å². The zero-order chi connectivity index (χ0) is 13.2. The summed E-state index contributed by atoms with van der Waals surface area (Å²) in [6, 6.07) is 10.8. The largest absolute Gasteiger partial charge is 0.309 e. The maximum Gasteiger partial charge on any atom is 0.0669 e. The zero-order valence-electron chi connectivity index (χ0n) is 11.1. The van der Waals surface area contributed by atoms with Gasteiger partial charge in [0.25, 0.3) is 0 Å². The molecule has 0 saturated heterocycles. The van der Waals surface area contributed by atoms with Crippen molar-refractivity contribution in [3.05, 3.63) is 56.2 Å². The van der Waals surface area contributed by atoms with E-state index in [4.69, 9.17) is 11.6 Å². The molecule has 2 aromatic rings. The van der Waals surface area contributed by atoms with Crippen LogP contribution in [0.2, 0.25) is 5.02 Å². The molecule has 1 unspecified atom stereocenters. The van der Waals surface area contributed by atoms with Crippen molar-refractivity contribution in [2.45, 2.75) is 31.7 Å². The first-order valence-corrected chi connectivity index (χ1v) is 8.01. The molecule has 1 heterocycles. The zero-order valence-corrected chi connectivity index (χ0v) is 12.7. The molecule has 0 bridgehead atoms. The van der Waals surface area contributed by atoms with Crippen LogP contribution in [0.3, 0.4) is 0 Å². The summed E-state index contributed by atoms with van der Waals surface area (Å²) in [5.74, 6) is 0. The third-order valence-corrected chi connectivity index (χ3v) is 5.31. The molecule has 19 heavy (non-hydrogen) atoms. The predicted octanol–water partition coefficient (Wildman–Crippen LogP) is 4.59. The quantitative estimate of drug-likeness (QED) is 0.872. The topological polar surface area (TPSA) is 12.0 Å². The molecule has 1 aromatic heterocycles. The summed E-state index contributed by atoms with van der Waals surface area (Å²) < 4.78 is 0. The van der Waals surface area contributed by atoms with Gasteiger partial charge in [-0.05, 0) is 62.1 Å². The third kappa shape index (κ3) is 2.71. The number of hydrogen-bond donors (Lipinski definition) is 1. The summed E-state index contributed by atoms with van der Waals surface area (Å²) >= 11 is 8.07. The van der Waals surface area contributed by atoms with Crippen LogP contribution in [-0.4, -0.2) is 7.05 Å². The molecule has 0 fully saturated rings. The van der Waals surface area contributed by atoms with Gasteiger partial charge in [-0.1, -0.05) is 23.7 Å². The number of fused-ring (bicyclic) bond motifs is 1. The van der Waals surface area contributed by atoms with Gasteiger partial charge in [0, 0.05) is 14.8 Å². The maximum absolute atomic E-state index is 6.11. The Labute approximate surface area is 123 Å². The van der Waals surface area contributed by atoms with E-state index in [1.54, 1.807) is 10.4 Å². The monoisotopic (exact) mass is 291 g/mol. The highest BCUT2D eigenvalue weighted by molar-refractivity contribution is 7.12. The van der Waals surface area contributed by atoms with Crippen molar-refractivity contribution >= 4 is 22.9 Å². The molecule has 0 aliphatic heterocycles. The lowest BCUT2D eigenvalue weighted by Gasteiger charge is -2.15. The molecule has 1 nitrogen and oxygen atoms in total. The average Bonchev–Trinajstić information content (AvgIpc) is 2.83. The van der Waals surface area contributed by atoms with E-state index < -0.39 is 0 Å². The van der Waals surface area contributed by atoms with Gasteiger partial charge in [-0.3, -0.25) is 0 Å². The summed E-state index contributed by atoms with van der Waals surface area (Å²) in [7, 11) is 2.02. The first-order valence-electron chi connectivity index (χ1n) is 6.82. The van der Waals surface area contributed by atoms with Crippen LogP contribution in [0.4, 0.5) is 0 Å². The first-order chi connectivity index (χ1) is 9.28. The molecule has 1 aromatic carbocycles. The fourth-order valence-electron chi connectivity index (χ4n) is 2.82. The second kappa shape index (κ2) is 5.66. The van der Waals surface area contributed by atoms with E-state index in [-0.39, 0.29) is 6.04 Å². The van der Waals surface area contributed by atoms with Crippen molar-refractivity contribution in [3.8, 4) is 0 Å². The van der Waals surface area contributed by atoms with E-state index in [1.807, 2.05) is 30.5 Å². The van der Waals surface area contributed by atoms with Crippen molar-refractivity contribution in [1.29, 1.82) is 0 Å². The summed E-state index contributed by atoms with van der Waals surface area (Å²) in [5.41, 5.74) is 2.81. The SMILES string of the molecule is CNC(c1cccc(Cl)c1)c1cc2c(s1)CCCC2. The van der Waals surface area contributed by atoms with Gasteiger partial charge in [0.2, 0.25) is 0 Å². The second-order valence-corrected chi connectivity index (χ2v) is 6.69. The highest BCUT2D eigenvalue weighted by Gasteiger charge is 2.19. The van der Waals surface area contributed by atoms with E-state index in [9.17, 15) is 0 Å². The van der Waals surface area contributed by atoms with Crippen molar-refractivity contribution in [2.24, 2.45) is 0 Å². The van der Waals surface area contributed by atoms with Crippen LogP contribution in [0, 0.1) is 0 Å². The minimum absolute atomic E-state index is 0.259. The Hall–Kier alpha value is -0.830. The molecular formula is C16H18ClNS. The molecular weight excluding hydrogens is 274 g/mol. The molecule has 0 amide bonds. The van der Waals surface area contributed by atoms with Crippen LogP contribution in [0.5, 0.6) is 0 Å². The van der Waals surface area contributed by atoms with Crippen LogP contribution < -0.4 is 5.32 Å². The molecule has 1 aliphatic rings. The second-order valence-electron chi connectivity index (χ2n) is 5.08. The minimum Gasteiger partial charge on any atom is -0.309 e. The maximum atomic E-state index is 6.11. The standard InChI is InChI=1S/C16H18ClNS/c1-18-16(12-6-4-7-13(17)9-12)15-10-11-5-2-3-8-14(11)19-15/h4,6-7,9-10,16,18H,2-3,5,8H2,1H3. The summed E-state index contributed by atoms with van der Waals surface area (Å²) in [6.45, 7) is 0. The van der Waals surface area contributed by atoms with Gasteiger partial charge in [0.05, 0.1) is 6.04 Å². The van der Waals surface area contributed by atoms with Crippen LogP contribution in [0.15, 0.2) is 30.3 Å². The Kier molecular flexibility index (Phi) is 3.92. The lowest BCUT2D eigenvalue weighted by molar-refractivity contribution is 0.691. The van der Waals surface area contributed by atoms with E-state index >= 15 is 0 Å². The van der Waals surface area contributed by atoms with Crippen molar-refractivity contribution in [1.82, 2.24) is 5.32 Å². The van der Waals surface area contributed by atoms with Crippen molar-refractivity contribution < 1.29 is 0 Å². The third-order valence-electron chi connectivity index (χ3n) is 3.77. The number of nitrogens with one attached hydrogen (secondary N) is 1. The van der Waals surface area contributed by atoms with Gasteiger partial charge in [0.1, 0.15) is 0 Å². The number of rotatable bonds is 3. The van der Waals surface area contributed by atoms with Crippen LogP contribution in [-0.2, 0) is 12.8 Å². The molecule has 3 heteroatoms. The first kappa shape index (κ1) is 13.2. The highest BCUT2D eigenvalue weighted by Crippen LogP contribution is 2.35. The molecule has 100 valence electrons. The number of benzene rings is 1. The normalized spacial score (nSPS) is 16.1. The molecule has 0 radical (unpaired) electrons. The number of hydrogen-bond acceptors (Lipinski definition) is 2. The molecule has 1 N–H and O–H groups in total. The molecule has 1 atom stereocenters. The van der Waals surface area contributed by atoms with Gasteiger partial charge >= 0.3 is 0 Å². The Bertz CT molecular complexity index is 552. The van der Waals surface area contributed by atoms with E-state index in [2.05, 4.69) is 23.5 Å². The highest BCUT2D eigenvalue weighted by atomic mass is 35.5. The van der Waals surface area contributed by atoms with Crippen molar-refractivity contribution in [2.75, 3.05) is 7.05 Å². The van der Waals surface area contributed by atoms with Gasteiger partial charge in [0.15, 0.2) is 0 Å². The Morgan fingerprint density at radius 1 is 1.21 bits per heavy atom. The van der Waals surface area contributed by atoms with Crippen LogP contribution >= 0.6 is 22.9 Å². The summed E-state index contributed by atoms with van der Waals surface area (Å²) in [6.07, 6.45) is 5.18. The lowest BCUT2D eigenvalue weighted by atomic mass is 9.98. The summed E-state index contributed by atoms with van der Waals surface area (Å²) in [5, 5.41) is 4.23. The van der Waals surface area contributed by atoms with E-state index in [0.717, 1.165) is 5.02 Å². The van der Waals surface area contributed by atoms with Gasteiger partial charge < -0.3 is 5.32 Å². The molecule has 0 spiro atoms. The Morgan fingerprint density at radius 3 is 2.79 bits per heavy atom. The number of aryl methyl sites for hydroxylation is 2. The molecule has 0 saturated carbocycles. The van der Waals surface area contributed by atoms with E-state index in [1.165, 1.54) is 36.1 Å². The smallest absolute Gasteiger partial charge is 0.0669 e. The molecule has 3 rings (SSSR count). The minimum atomic E-state index is 0.259. The van der Waals surface area contributed by atoms with Crippen molar-refractivity contribution in [3.63, 3.8) is 0 Å². The lowest BCUT2D eigenvalue weighted by Crippen LogP contribution is -2.16. The Morgan fingerprint density at radius 2 is 2.05 bits per heavy atom. The van der Waals surface area contributed by atoms with E-state index in [0.29, 0.717) is 0 Å².